The summed E-state index contributed by atoms with van der Waals surface area (Å²) >= 11 is 0. The highest BCUT2D eigenvalue weighted by Crippen LogP contribution is 2.64. The number of ketones is 1. The van der Waals surface area contributed by atoms with Crippen molar-refractivity contribution in [2.24, 2.45) is 28.6 Å². The van der Waals surface area contributed by atoms with Gasteiger partial charge in [-0.1, -0.05) is 43.2 Å². The zero-order valence-corrected chi connectivity index (χ0v) is 19.7. The highest BCUT2D eigenvalue weighted by molar-refractivity contribution is 7.86. The molecule has 1 aromatic carbocycles. The molecule has 0 saturated heterocycles. The van der Waals surface area contributed by atoms with Crippen molar-refractivity contribution in [1.29, 1.82) is 0 Å². The van der Waals surface area contributed by atoms with E-state index in [1.165, 1.54) is 5.57 Å². The number of allylic oxidation sites excluding steroid dienone is 1. The van der Waals surface area contributed by atoms with Crippen molar-refractivity contribution in [2.45, 2.75) is 83.1 Å². The number of Topliss-reactive ketones (excluding diaryl/α,β-unsaturated/α-hetero) is 1. The van der Waals surface area contributed by atoms with Crippen LogP contribution in [0.5, 0.6) is 0 Å². The minimum Gasteiger partial charge on any atom is -0.299 e. The van der Waals surface area contributed by atoms with E-state index in [1.54, 1.807) is 12.1 Å². The smallest absolute Gasteiger partial charge is 0.297 e. The fourth-order valence-corrected chi connectivity index (χ4v) is 8.52. The average Bonchev–Trinajstić information content (AvgIpc) is 3.03. The third-order valence-electron chi connectivity index (χ3n) is 9.34. The lowest BCUT2D eigenvalue weighted by molar-refractivity contribution is -0.131. The van der Waals surface area contributed by atoms with Crippen molar-refractivity contribution in [3.8, 4) is 0 Å². The Labute approximate surface area is 186 Å². The number of hydrogen-bond acceptors (Lipinski definition) is 4. The summed E-state index contributed by atoms with van der Waals surface area (Å²) in [4.78, 5) is 12.8. The average molecular weight is 443 g/mol. The number of carbonyl (C=O) groups excluding carboxylic acids is 1. The van der Waals surface area contributed by atoms with E-state index in [9.17, 15) is 13.2 Å². The SMILES string of the molecule is Cc1ccc(S(=O)(=O)O[C@@H]2CC[C@@]3(C)C(=CC[C@@H]4[C@H]5CCC(=O)[C@]5(C)CC[C@H]43)C2)cc1. The topological polar surface area (TPSA) is 60.4 Å². The number of aryl methyl sites for hydroxylation is 1. The van der Waals surface area contributed by atoms with Gasteiger partial charge in [0.25, 0.3) is 10.1 Å². The van der Waals surface area contributed by atoms with Crippen molar-refractivity contribution in [3.05, 3.63) is 41.5 Å². The van der Waals surface area contributed by atoms with Gasteiger partial charge in [-0.2, -0.15) is 8.42 Å². The Morgan fingerprint density at radius 1 is 0.968 bits per heavy atom. The maximum atomic E-state index is 12.8. The van der Waals surface area contributed by atoms with Crippen molar-refractivity contribution >= 4 is 15.9 Å². The van der Waals surface area contributed by atoms with E-state index in [-0.39, 0.29) is 21.8 Å². The van der Waals surface area contributed by atoms with Crippen LogP contribution in [0.4, 0.5) is 0 Å². The van der Waals surface area contributed by atoms with Crippen molar-refractivity contribution < 1.29 is 17.4 Å². The van der Waals surface area contributed by atoms with Gasteiger partial charge < -0.3 is 0 Å². The maximum Gasteiger partial charge on any atom is 0.297 e. The molecule has 0 N–H and O–H groups in total. The molecule has 0 heterocycles. The van der Waals surface area contributed by atoms with Crippen LogP contribution in [0.1, 0.15) is 70.8 Å². The van der Waals surface area contributed by atoms with Gasteiger partial charge in [0.15, 0.2) is 0 Å². The lowest BCUT2D eigenvalue weighted by atomic mass is 9.48. The summed E-state index contributed by atoms with van der Waals surface area (Å²) in [6, 6.07) is 6.87. The normalized spacial score (nSPS) is 40.0. The summed E-state index contributed by atoms with van der Waals surface area (Å²) in [7, 11) is -3.75. The zero-order valence-electron chi connectivity index (χ0n) is 18.9. The molecule has 4 aliphatic carbocycles. The summed E-state index contributed by atoms with van der Waals surface area (Å²) in [6.45, 7) is 6.54. The summed E-state index contributed by atoms with van der Waals surface area (Å²) in [6.07, 6.45) is 9.49. The molecule has 4 nitrogen and oxygen atoms in total. The Morgan fingerprint density at radius 2 is 1.65 bits per heavy atom. The first-order valence-corrected chi connectivity index (χ1v) is 13.3. The predicted molar refractivity (Wildman–Crippen MR) is 120 cm³/mol. The molecule has 3 saturated carbocycles. The number of fused-ring (bicyclic) bond motifs is 5. The monoisotopic (exact) mass is 442 g/mol. The van der Waals surface area contributed by atoms with Crippen LogP contribution in [-0.2, 0) is 19.1 Å². The van der Waals surface area contributed by atoms with Gasteiger partial charge >= 0.3 is 0 Å². The molecule has 31 heavy (non-hydrogen) atoms. The zero-order chi connectivity index (χ0) is 22.0. The second kappa shape index (κ2) is 7.28. The second-order valence-corrected chi connectivity index (χ2v) is 12.5. The minimum absolute atomic E-state index is 0.106. The number of rotatable bonds is 3. The highest BCUT2D eigenvalue weighted by atomic mass is 32.2. The molecular weight excluding hydrogens is 408 g/mol. The first kappa shape index (κ1) is 21.4. The quantitative estimate of drug-likeness (QED) is 0.451. The summed E-state index contributed by atoms with van der Waals surface area (Å²) in [5.41, 5.74) is 2.42. The molecule has 3 fully saturated rings. The van der Waals surface area contributed by atoms with Crippen LogP contribution in [-0.4, -0.2) is 20.3 Å². The number of benzene rings is 1. The van der Waals surface area contributed by atoms with Gasteiger partial charge in [0.05, 0.1) is 11.0 Å². The standard InChI is InChI=1S/C26H34O4S/c1-17-4-7-20(8-5-17)31(28,29)30-19-12-14-25(2)18(16-19)6-9-21-22-10-11-24(27)26(22,3)15-13-23(21)25/h4-8,19,21-23H,9-16H2,1-3H3/t19-,21-,22-,23-,25+,26-/m1/s1. The minimum atomic E-state index is -3.75. The van der Waals surface area contributed by atoms with E-state index >= 15 is 0 Å². The lowest BCUT2D eigenvalue weighted by Gasteiger charge is -2.56. The van der Waals surface area contributed by atoms with Crippen LogP contribution in [0.3, 0.4) is 0 Å². The van der Waals surface area contributed by atoms with Gasteiger partial charge in [0.2, 0.25) is 0 Å². The number of carbonyl (C=O) groups is 1. The van der Waals surface area contributed by atoms with E-state index in [4.69, 9.17) is 4.18 Å². The molecular formula is C26H34O4S. The van der Waals surface area contributed by atoms with Crippen LogP contribution in [0.15, 0.2) is 40.8 Å². The van der Waals surface area contributed by atoms with Gasteiger partial charge in [-0.05, 0) is 87.2 Å². The van der Waals surface area contributed by atoms with E-state index < -0.39 is 10.1 Å². The van der Waals surface area contributed by atoms with E-state index in [0.29, 0.717) is 30.0 Å². The molecule has 0 bridgehead atoms. The van der Waals surface area contributed by atoms with Crippen LogP contribution < -0.4 is 0 Å². The molecule has 168 valence electrons. The molecule has 0 amide bonds. The van der Waals surface area contributed by atoms with Gasteiger partial charge in [0, 0.05) is 11.8 Å². The van der Waals surface area contributed by atoms with Crippen molar-refractivity contribution in [1.82, 2.24) is 0 Å². The highest BCUT2D eigenvalue weighted by Gasteiger charge is 2.58. The molecule has 5 heteroatoms. The lowest BCUT2D eigenvalue weighted by Crippen LogP contribution is -2.50. The van der Waals surface area contributed by atoms with Crippen LogP contribution in [0.2, 0.25) is 0 Å². The molecule has 0 radical (unpaired) electrons. The predicted octanol–water partition coefficient (Wildman–Crippen LogP) is 5.60. The fraction of sp³-hybridized carbons (Fsp3) is 0.654. The Balaban J connectivity index is 1.34. The van der Waals surface area contributed by atoms with Gasteiger partial charge in [-0.15, -0.1) is 0 Å². The van der Waals surface area contributed by atoms with Crippen molar-refractivity contribution in [2.75, 3.05) is 0 Å². The van der Waals surface area contributed by atoms with E-state index in [1.807, 2.05) is 19.1 Å². The summed E-state index contributed by atoms with van der Waals surface area (Å²) < 4.78 is 31.3. The molecule has 0 unspecified atom stereocenters. The third-order valence-corrected chi connectivity index (χ3v) is 10.7. The summed E-state index contributed by atoms with van der Waals surface area (Å²) in [5, 5.41) is 0. The third kappa shape index (κ3) is 3.34. The Bertz CT molecular complexity index is 1020. The molecule has 5 rings (SSSR count). The van der Waals surface area contributed by atoms with Crippen LogP contribution in [0.25, 0.3) is 0 Å². The fourth-order valence-electron chi connectivity index (χ4n) is 7.42. The summed E-state index contributed by atoms with van der Waals surface area (Å²) in [5.74, 6) is 2.19. The van der Waals surface area contributed by atoms with Gasteiger partial charge in [-0.3, -0.25) is 8.98 Å². The largest absolute Gasteiger partial charge is 0.299 e. The van der Waals surface area contributed by atoms with Crippen LogP contribution in [0, 0.1) is 35.5 Å². The van der Waals surface area contributed by atoms with E-state index in [0.717, 1.165) is 50.5 Å². The first-order chi connectivity index (χ1) is 14.6. The number of hydrogen-bond donors (Lipinski definition) is 0. The Morgan fingerprint density at radius 3 is 2.39 bits per heavy atom. The Hall–Kier alpha value is -1.46. The molecule has 6 atom stereocenters. The van der Waals surface area contributed by atoms with E-state index in [2.05, 4.69) is 19.9 Å². The Kier molecular flexibility index (Phi) is 5.02. The molecule has 1 aromatic rings. The molecule has 0 aromatic heterocycles. The maximum absolute atomic E-state index is 12.8. The van der Waals surface area contributed by atoms with Gasteiger partial charge in [-0.25, -0.2) is 0 Å². The first-order valence-electron chi connectivity index (χ1n) is 11.9. The van der Waals surface area contributed by atoms with Crippen molar-refractivity contribution in [3.63, 3.8) is 0 Å². The molecule has 0 aliphatic heterocycles. The molecule has 4 aliphatic rings. The second-order valence-electron chi connectivity index (χ2n) is 10.9. The van der Waals surface area contributed by atoms with Gasteiger partial charge in [0.1, 0.15) is 5.78 Å². The van der Waals surface area contributed by atoms with Crippen LogP contribution >= 0.6 is 0 Å². The molecule has 0 spiro atoms.